The van der Waals surface area contributed by atoms with E-state index < -0.39 is 0 Å². The van der Waals surface area contributed by atoms with Crippen molar-refractivity contribution in [3.63, 3.8) is 0 Å². The number of nitrogens with one attached hydrogen (secondary N) is 1. The highest BCUT2D eigenvalue weighted by molar-refractivity contribution is 5.64. The van der Waals surface area contributed by atoms with Gasteiger partial charge in [0.05, 0.1) is 5.69 Å². The maximum Gasteiger partial charge on any atom is 0.148 e. The quantitative estimate of drug-likeness (QED) is 0.944. The van der Waals surface area contributed by atoms with Crippen molar-refractivity contribution in [3.8, 4) is 11.3 Å². The number of aromatic nitrogens is 2. The van der Waals surface area contributed by atoms with E-state index in [2.05, 4.69) is 65.6 Å². The molecular weight excluding hydrogens is 272 g/mol. The van der Waals surface area contributed by atoms with Gasteiger partial charge in [-0.05, 0) is 58.0 Å². The first kappa shape index (κ1) is 15.0. The summed E-state index contributed by atoms with van der Waals surface area (Å²) in [5.74, 6) is 0.869. The Balaban J connectivity index is 1.72. The van der Waals surface area contributed by atoms with Crippen LogP contribution in [0.4, 0.5) is 5.82 Å². The zero-order chi connectivity index (χ0) is 15.5. The Bertz CT molecular complexity index is 636. The van der Waals surface area contributed by atoms with Crippen LogP contribution >= 0.6 is 0 Å². The van der Waals surface area contributed by atoms with Crippen molar-refractivity contribution in [1.82, 2.24) is 15.1 Å². The molecule has 1 aromatic heterocycles. The Morgan fingerprint density at radius 3 is 2.68 bits per heavy atom. The van der Waals surface area contributed by atoms with Gasteiger partial charge < -0.3 is 10.2 Å². The van der Waals surface area contributed by atoms with Crippen molar-refractivity contribution in [2.45, 2.75) is 32.7 Å². The zero-order valence-electron chi connectivity index (χ0n) is 13.6. The third-order valence-electron chi connectivity index (χ3n) is 4.30. The van der Waals surface area contributed by atoms with Crippen molar-refractivity contribution in [2.75, 3.05) is 25.5 Å². The summed E-state index contributed by atoms with van der Waals surface area (Å²) in [5, 5.41) is 12.3. The molecule has 4 heteroatoms. The lowest BCUT2D eigenvalue weighted by molar-refractivity contribution is 0.260. The van der Waals surface area contributed by atoms with Gasteiger partial charge in [0.25, 0.3) is 0 Å². The van der Waals surface area contributed by atoms with Gasteiger partial charge in [0.15, 0.2) is 0 Å². The molecule has 116 valence electrons. The average molecular weight is 296 g/mol. The second-order valence-corrected chi connectivity index (χ2v) is 6.37. The van der Waals surface area contributed by atoms with Gasteiger partial charge in [-0.1, -0.05) is 23.8 Å². The van der Waals surface area contributed by atoms with Crippen LogP contribution in [0.25, 0.3) is 11.3 Å². The third-order valence-corrected chi connectivity index (χ3v) is 4.30. The summed E-state index contributed by atoms with van der Waals surface area (Å²) in [6.45, 7) is 6.49. The Kier molecular flexibility index (Phi) is 4.39. The maximum atomic E-state index is 4.40. The topological polar surface area (TPSA) is 41.0 Å². The largest absolute Gasteiger partial charge is 0.365 e. The summed E-state index contributed by atoms with van der Waals surface area (Å²) >= 11 is 0. The highest BCUT2D eigenvalue weighted by Crippen LogP contribution is 2.23. The first-order chi connectivity index (χ1) is 10.6. The van der Waals surface area contributed by atoms with Crippen LogP contribution < -0.4 is 5.32 Å². The molecule has 0 bridgehead atoms. The highest BCUT2D eigenvalue weighted by atomic mass is 15.2. The molecule has 22 heavy (non-hydrogen) atoms. The molecule has 4 nitrogen and oxygen atoms in total. The minimum absolute atomic E-state index is 0.472. The number of aryl methyl sites for hydroxylation is 2. The number of likely N-dealkylation sites (tertiary alicyclic amines) is 1. The fourth-order valence-corrected chi connectivity index (χ4v) is 3.15. The molecule has 1 saturated heterocycles. The fourth-order valence-electron chi connectivity index (χ4n) is 3.15. The van der Waals surface area contributed by atoms with Crippen molar-refractivity contribution < 1.29 is 0 Å². The summed E-state index contributed by atoms with van der Waals surface area (Å²) < 4.78 is 0. The van der Waals surface area contributed by atoms with Crippen molar-refractivity contribution in [1.29, 1.82) is 0 Å². The molecule has 0 radical (unpaired) electrons. The molecule has 1 fully saturated rings. The Hall–Kier alpha value is -1.94. The summed E-state index contributed by atoms with van der Waals surface area (Å²) in [6.07, 6.45) is 2.44. The van der Waals surface area contributed by atoms with Crippen LogP contribution in [0.1, 0.15) is 24.0 Å². The van der Waals surface area contributed by atoms with E-state index in [0.717, 1.165) is 23.6 Å². The molecular formula is C18H24N4. The number of anilines is 1. The lowest BCUT2D eigenvalue weighted by Gasteiger charge is -2.30. The van der Waals surface area contributed by atoms with Crippen LogP contribution in [0.5, 0.6) is 0 Å². The van der Waals surface area contributed by atoms with Crippen molar-refractivity contribution in [2.24, 2.45) is 0 Å². The van der Waals surface area contributed by atoms with Crippen LogP contribution in [-0.4, -0.2) is 41.3 Å². The molecule has 0 aliphatic carbocycles. The van der Waals surface area contributed by atoms with E-state index in [1.807, 2.05) is 6.07 Å². The van der Waals surface area contributed by atoms with Crippen LogP contribution in [-0.2, 0) is 0 Å². The second kappa shape index (κ2) is 6.44. The minimum Gasteiger partial charge on any atom is -0.365 e. The normalized spacial score (nSPS) is 19.1. The molecule has 1 aliphatic heterocycles. The molecule has 2 aromatic rings. The molecule has 1 aliphatic rings. The van der Waals surface area contributed by atoms with E-state index >= 15 is 0 Å². The SMILES string of the molecule is Cc1ccc(-c2ccc(N[C@@H]3CCCN(C)C3)nn2)c(C)c1. The zero-order valence-corrected chi connectivity index (χ0v) is 13.6. The number of benzene rings is 1. The van der Waals surface area contributed by atoms with E-state index in [-0.39, 0.29) is 0 Å². The summed E-state index contributed by atoms with van der Waals surface area (Å²) in [7, 11) is 2.17. The number of likely N-dealkylation sites (N-methyl/N-ethyl adjacent to an activating group) is 1. The van der Waals surface area contributed by atoms with Gasteiger partial charge in [0.2, 0.25) is 0 Å². The van der Waals surface area contributed by atoms with Crippen LogP contribution in [0.15, 0.2) is 30.3 Å². The van der Waals surface area contributed by atoms with Gasteiger partial charge in [-0.2, -0.15) is 0 Å². The Labute approximate surface area is 132 Å². The standard InChI is InChI=1S/C18H24N4/c1-13-6-7-16(14(2)11-13)17-8-9-18(21-20-17)19-15-5-4-10-22(3)12-15/h6-9,11,15H,4-5,10,12H2,1-3H3,(H,19,21)/t15-/m1/s1. The predicted octanol–water partition coefficient (Wildman–Crippen LogP) is 3.27. The lowest BCUT2D eigenvalue weighted by atomic mass is 10.0. The molecule has 0 saturated carbocycles. The summed E-state index contributed by atoms with van der Waals surface area (Å²) in [4.78, 5) is 2.36. The van der Waals surface area contributed by atoms with E-state index in [9.17, 15) is 0 Å². The molecule has 0 unspecified atom stereocenters. The van der Waals surface area contributed by atoms with Crippen LogP contribution in [0, 0.1) is 13.8 Å². The molecule has 2 heterocycles. The first-order valence-electron chi connectivity index (χ1n) is 7.98. The number of piperidine rings is 1. The van der Waals surface area contributed by atoms with Crippen molar-refractivity contribution >= 4 is 5.82 Å². The number of hydrogen-bond donors (Lipinski definition) is 1. The van der Waals surface area contributed by atoms with Crippen LogP contribution in [0.2, 0.25) is 0 Å². The van der Waals surface area contributed by atoms with Crippen molar-refractivity contribution in [3.05, 3.63) is 41.5 Å². The molecule has 3 rings (SSSR count). The van der Waals surface area contributed by atoms with Gasteiger partial charge in [-0.25, -0.2) is 0 Å². The monoisotopic (exact) mass is 296 g/mol. The van der Waals surface area contributed by atoms with Gasteiger partial charge in [0, 0.05) is 18.2 Å². The van der Waals surface area contributed by atoms with Gasteiger partial charge in [-0.3, -0.25) is 0 Å². The fraction of sp³-hybridized carbons (Fsp3) is 0.444. The third kappa shape index (κ3) is 3.45. The van der Waals surface area contributed by atoms with E-state index in [1.165, 1.54) is 30.5 Å². The van der Waals surface area contributed by atoms with Gasteiger partial charge in [0.1, 0.15) is 5.82 Å². The Morgan fingerprint density at radius 1 is 1.14 bits per heavy atom. The number of nitrogens with zero attached hydrogens (tertiary/aromatic N) is 3. The summed E-state index contributed by atoms with van der Waals surface area (Å²) in [6, 6.07) is 11.0. The van der Waals surface area contributed by atoms with Crippen LogP contribution in [0.3, 0.4) is 0 Å². The number of rotatable bonds is 3. The maximum absolute atomic E-state index is 4.40. The second-order valence-electron chi connectivity index (χ2n) is 6.37. The summed E-state index contributed by atoms with van der Waals surface area (Å²) in [5.41, 5.74) is 4.60. The van der Waals surface area contributed by atoms with E-state index in [4.69, 9.17) is 0 Å². The molecule has 0 amide bonds. The Morgan fingerprint density at radius 2 is 2.00 bits per heavy atom. The average Bonchev–Trinajstić information content (AvgIpc) is 2.48. The molecule has 1 N–H and O–H groups in total. The van der Waals surface area contributed by atoms with E-state index in [1.54, 1.807) is 0 Å². The van der Waals surface area contributed by atoms with E-state index in [0.29, 0.717) is 6.04 Å². The molecule has 1 aromatic carbocycles. The smallest absolute Gasteiger partial charge is 0.148 e. The highest BCUT2D eigenvalue weighted by Gasteiger charge is 2.17. The molecule has 0 spiro atoms. The molecule has 1 atom stereocenters. The predicted molar refractivity (Wildman–Crippen MR) is 91.1 cm³/mol. The van der Waals surface area contributed by atoms with Gasteiger partial charge in [-0.15, -0.1) is 10.2 Å². The number of hydrogen-bond acceptors (Lipinski definition) is 4. The van der Waals surface area contributed by atoms with Gasteiger partial charge >= 0.3 is 0 Å². The lowest BCUT2D eigenvalue weighted by Crippen LogP contribution is -2.39. The minimum atomic E-state index is 0.472. The first-order valence-corrected chi connectivity index (χ1v) is 7.98.